The van der Waals surface area contributed by atoms with Crippen LogP contribution in [0.3, 0.4) is 0 Å². The largest absolute Gasteiger partial charge is 0.486 e. The van der Waals surface area contributed by atoms with Crippen molar-refractivity contribution in [3.63, 3.8) is 0 Å². The number of benzene rings is 2. The SMILES string of the molecule is CNC(c1ccccc1)C(C)Oc1cccc(F)c1F. The van der Waals surface area contributed by atoms with Gasteiger partial charge in [-0.05, 0) is 31.7 Å². The lowest BCUT2D eigenvalue weighted by molar-refractivity contribution is 0.166. The van der Waals surface area contributed by atoms with E-state index in [1.165, 1.54) is 12.1 Å². The maximum absolute atomic E-state index is 13.6. The van der Waals surface area contributed by atoms with Crippen molar-refractivity contribution < 1.29 is 13.5 Å². The van der Waals surface area contributed by atoms with Gasteiger partial charge in [0.15, 0.2) is 11.6 Å². The van der Waals surface area contributed by atoms with E-state index < -0.39 is 11.6 Å². The summed E-state index contributed by atoms with van der Waals surface area (Å²) < 4.78 is 32.3. The molecule has 20 heavy (non-hydrogen) atoms. The number of ether oxygens (including phenoxy) is 1. The molecule has 2 rings (SSSR count). The molecule has 0 radical (unpaired) electrons. The lowest BCUT2D eigenvalue weighted by Crippen LogP contribution is -2.31. The van der Waals surface area contributed by atoms with Crippen LogP contribution in [-0.4, -0.2) is 13.2 Å². The van der Waals surface area contributed by atoms with Crippen LogP contribution in [0, 0.1) is 11.6 Å². The monoisotopic (exact) mass is 277 g/mol. The van der Waals surface area contributed by atoms with E-state index in [0.717, 1.165) is 11.6 Å². The third-order valence-corrected chi connectivity index (χ3v) is 3.17. The molecule has 0 bridgehead atoms. The molecular weight excluding hydrogens is 260 g/mol. The van der Waals surface area contributed by atoms with Crippen LogP contribution < -0.4 is 10.1 Å². The zero-order valence-electron chi connectivity index (χ0n) is 11.4. The van der Waals surface area contributed by atoms with Crippen LogP contribution in [0.25, 0.3) is 0 Å². The summed E-state index contributed by atoms with van der Waals surface area (Å²) in [4.78, 5) is 0. The molecule has 2 nitrogen and oxygen atoms in total. The number of hydrogen-bond donors (Lipinski definition) is 1. The molecular formula is C16H17F2NO. The predicted molar refractivity (Wildman–Crippen MR) is 74.7 cm³/mol. The lowest BCUT2D eigenvalue weighted by atomic mass is 10.0. The Morgan fingerprint density at radius 1 is 1.00 bits per heavy atom. The minimum absolute atomic E-state index is 0.0753. The van der Waals surface area contributed by atoms with Gasteiger partial charge in [-0.3, -0.25) is 0 Å². The molecule has 0 saturated carbocycles. The normalized spacial score (nSPS) is 13.8. The molecule has 0 aliphatic heterocycles. The average molecular weight is 277 g/mol. The minimum Gasteiger partial charge on any atom is -0.486 e. The van der Waals surface area contributed by atoms with E-state index in [0.29, 0.717) is 0 Å². The van der Waals surface area contributed by atoms with Gasteiger partial charge in [0.1, 0.15) is 6.10 Å². The Balaban J connectivity index is 2.18. The first-order valence-electron chi connectivity index (χ1n) is 6.46. The Morgan fingerprint density at radius 2 is 1.70 bits per heavy atom. The molecule has 0 aliphatic carbocycles. The summed E-state index contributed by atoms with van der Waals surface area (Å²) >= 11 is 0. The highest BCUT2D eigenvalue weighted by Gasteiger charge is 2.21. The molecule has 4 heteroatoms. The molecule has 106 valence electrons. The quantitative estimate of drug-likeness (QED) is 0.900. The Kier molecular flexibility index (Phi) is 4.69. The molecule has 0 spiro atoms. The van der Waals surface area contributed by atoms with Crippen LogP contribution >= 0.6 is 0 Å². The van der Waals surface area contributed by atoms with E-state index in [1.807, 2.05) is 37.3 Å². The number of hydrogen-bond acceptors (Lipinski definition) is 2. The van der Waals surface area contributed by atoms with E-state index in [1.54, 1.807) is 7.05 Å². The molecule has 0 aromatic heterocycles. The number of rotatable bonds is 5. The maximum atomic E-state index is 13.6. The van der Waals surface area contributed by atoms with Gasteiger partial charge >= 0.3 is 0 Å². The third-order valence-electron chi connectivity index (χ3n) is 3.17. The number of nitrogens with one attached hydrogen (secondary N) is 1. The lowest BCUT2D eigenvalue weighted by Gasteiger charge is -2.25. The fourth-order valence-electron chi connectivity index (χ4n) is 2.18. The Hall–Kier alpha value is -1.94. The first kappa shape index (κ1) is 14.5. The fourth-order valence-corrected chi connectivity index (χ4v) is 2.18. The summed E-state index contributed by atoms with van der Waals surface area (Å²) in [6.45, 7) is 1.82. The van der Waals surface area contributed by atoms with E-state index in [-0.39, 0.29) is 17.9 Å². The highest BCUT2D eigenvalue weighted by Crippen LogP contribution is 2.25. The average Bonchev–Trinajstić information content (AvgIpc) is 2.46. The van der Waals surface area contributed by atoms with Crippen molar-refractivity contribution in [2.75, 3.05) is 7.05 Å². The maximum Gasteiger partial charge on any atom is 0.200 e. The van der Waals surface area contributed by atoms with Gasteiger partial charge in [0.05, 0.1) is 6.04 Å². The van der Waals surface area contributed by atoms with Crippen LogP contribution in [0.2, 0.25) is 0 Å². The minimum atomic E-state index is -0.956. The number of halogens is 2. The summed E-state index contributed by atoms with van der Waals surface area (Å²) in [5.41, 5.74) is 1.03. The fraction of sp³-hybridized carbons (Fsp3) is 0.250. The van der Waals surface area contributed by atoms with E-state index >= 15 is 0 Å². The van der Waals surface area contributed by atoms with Crippen LogP contribution in [0.15, 0.2) is 48.5 Å². The predicted octanol–water partition coefficient (Wildman–Crippen LogP) is 3.69. The van der Waals surface area contributed by atoms with Crippen molar-refractivity contribution in [3.05, 3.63) is 65.7 Å². The zero-order valence-corrected chi connectivity index (χ0v) is 11.4. The molecule has 2 aromatic carbocycles. The summed E-state index contributed by atoms with van der Waals surface area (Å²) in [5.74, 6) is -1.94. The topological polar surface area (TPSA) is 21.3 Å². The van der Waals surface area contributed by atoms with Gasteiger partial charge in [-0.25, -0.2) is 4.39 Å². The van der Waals surface area contributed by atoms with Crippen molar-refractivity contribution >= 4 is 0 Å². The highest BCUT2D eigenvalue weighted by atomic mass is 19.2. The van der Waals surface area contributed by atoms with Crippen molar-refractivity contribution in [2.45, 2.75) is 19.1 Å². The third kappa shape index (κ3) is 3.14. The Labute approximate surface area is 117 Å². The molecule has 1 N–H and O–H groups in total. The first-order chi connectivity index (χ1) is 9.63. The molecule has 2 atom stereocenters. The van der Waals surface area contributed by atoms with Crippen LogP contribution in [0.5, 0.6) is 5.75 Å². The van der Waals surface area contributed by atoms with Gasteiger partial charge in [-0.2, -0.15) is 4.39 Å². The molecule has 0 amide bonds. The second kappa shape index (κ2) is 6.48. The van der Waals surface area contributed by atoms with Gasteiger partial charge in [-0.15, -0.1) is 0 Å². The smallest absolute Gasteiger partial charge is 0.200 e. The first-order valence-corrected chi connectivity index (χ1v) is 6.46. The van der Waals surface area contributed by atoms with Crippen molar-refractivity contribution in [1.29, 1.82) is 0 Å². The van der Waals surface area contributed by atoms with E-state index in [9.17, 15) is 8.78 Å². The van der Waals surface area contributed by atoms with Crippen molar-refractivity contribution in [1.82, 2.24) is 5.32 Å². The number of likely N-dealkylation sites (N-methyl/N-ethyl adjacent to an activating group) is 1. The second-order valence-electron chi connectivity index (χ2n) is 4.55. The standard InChI is InChI=1S/C16H17F2NO/c1-11(16(19-2)12-7-4-3-5-8-12)20-14-10-6-9-13(17)15(14)18/h3-11,16,19H,1-2H3. The Bertz CT molecular complexity index is 560. The molecule has 0 aliphatic rings. The summed E-state index contributed by atoms with van der Waals surface area (Å²) in [5, 5.41) is 3.13. The second-order valence-corrected chi connectivity index (χ2v) is 4.55. The molecule has 2 aromatic rings. The summed E-state index contributed by atoms with van der Waals surface area (Å²) in [7, 11) is 1.81. The highest BCUT2D eigenvalue weighted by molar-refractivity contribution is 5.26. The summed E-state index contributed by atoms with van der Waals surface area (Å²) in [6, 6.07) is 13.5. The van der Waals surface area contributed by atoms with Gasteiger partial charge < -0.3 is 10.1 Å². The summed E-state index contributed by atoms with van der Waals surface area (Å²) in [6.07, 6.45) is -0.348. The molecule has 2 unspecified atom stereocenters. The molecule has 0 fully saturated rings. The molecule has 0 saturated heterocycles. The van der Waals surface area contributed by atoms with Crippen LogP contribution in [0.4, 0.5) is 8.78 Å². The van der Waals surface area contributed by atoms with Crippen molar-refractivity contribution in [2.24, 2.45) is 0 Å². The van der Waals surface area contributed by atoms with E-state index in [2.05, 4.69) is 5.32 Å². The molecule has 0 heterocycles. The van der Waals surface area contributed by atoms with Gasteiger partial charge in [0.25, 0.3) is 0 Å². The van der Waals surface area contributed by atoms with E-state index in [4.69, 9.17) is 4.74 Å². The van der Waals surface area contributed by atoms with Crippen LogP contribution in [0.1, 0.15) is 18.5 Å². The van der Waals surface area contributed by atoms with Gasteiger partial charge in [0, 0.05) is 0 Å². The van der Waals surface area contributed by atoms with Gasteiger partial charge in [0.2, 0.25) is 5.82 Å². The van der Waals surface area contributed by atoms with Crippen LogP contribution in [-0.2, 0) is 0 Å². The van der Waals surface area contributed by atoms with Crippen molar-refractivity contribution in [3.8, 4) is 5.75 Å². The zero-order chi connectivity index (χ0) is 14.5. The van der Waals surface area contributed by atoms with Gasteiger partial charge in [-0.1, -0.05) is 36.4 Å². The Morgan fingerprint density at radius 3 is 2.35 bits per heavy atom.